The molecule has 4 rings (SSSR count). The monoisotopic (exact) mass is 362 g/mol. The number of benzene rings is 1. The quantitative estimate of drug-likeness (QED) is 0.586. The van der Waals surface area contributed by atoms with Crippen molar-refractivity contribution in [2.45, 2.75) is 26.7 Å². The van der Waals surface area contributed by atoms with Crippen LogP contribution in [0.4, 0.5) is 5.69 Å². The van der Waals surface area contributed by atoms with Gasteiger partial charge < -0.3 is 9.84 Å². The van der Waals surface area contributed by atoms with Crippen LogP contribution in [0.5, 0.6) is 0 Å². The Labute approximate surface area is 155 Å². The van der Waals surface area contributed by atoms with Crippen LogP contribution < -0.4 is 5.32 Å². The van der Waals surface area contributed by atoms with Crippen molar-refractivity contribution in [3.05, 3.63) is 59.8 Å². The zero-order chi connectivity index (χ0) is 18.8. The number of aromatic nitrogens is 5. The summed E-state index contributed by atoms with van der Waals surface area (Å²) in [4.78, 5) is 16.6. The second-order valence-corrected chi connectivity index (χ2v) is 6.18. The number of aryl methyl sites for hydroxylation is 2. The highest BCUT2D eigenvalue weighted by molar-refractivity contribution is 5.91. The highest BCUT2D eigenvalue weighted by Gasteiger charge is 2.14. The van der Waals surface area contributed by atoms with Crippen LogP contribution in [0.3, 0.4) is 0 Å². The van der Waals surface area contributed by atoms with E-state index in [1.54, 1.807) is 23.6 Å². The number of rotatable bonds is 5. The normalized spacial score (nSPS) is 11.0. The highest BCUT2D eigenvalue weighted by atomic mass is 16.5. The van der Waals surface area contributed by atoms with Crippen LogP contribution in [0.1, 0.15) is 24.1 Å². The zero-order valence-electron chi connectivity index (χ0n) is 15.0. The summed E-state index contributed by atoms with van der Waals surface area (Å²) in [6.07, 6.45) is 2.85. The van der Waals surface area contributed by atoms with Gasteiger partial charge in [0.2, 0.25) is 5.91 Å². The van der Waals surface area contributed by atoms with Crippen LogP contribution in [-0.2, 0) is 17.6 Å². The number of fused-ring (bicyclic) bond motifs is 1. The van der Waals surface area contributed by atoms with E-state index in [9.17, 15) is 4.79 Å². The molecule has 0 aliphatic rings. The van der Waals surface area contributed by atoms with Crippen molar-refractivity contribution >= 4 is 17.2 Å². The van der Waals surface area contributed by atoms with Crippen LogP contribution in [-0.4, -0.2) is 30.6 Å². The minimum absolute atomic E-state index is 0.100. The van der Waals surface area contributed by atoms with Gasteiger partial charge in [-0.1, -0.05) is 24.2 Å². The van der Waals surface area contributed by atoms with Crippen molar-refractivity contribution in [1.29, 1.82) is 0 Å². The van der Waals surface area contributed by atoms with Crippen LogP contribution in [0.25, 0.3) is 17.1 Å². The van der Waals surface area contributed by atoms with E-state index in [1.165, 1.54) is 5.56 Å². The summed E-state index contributed by atoms with van der Waals surface area (Å²) in [6.45, 7) is 3.85. The zero-order valence-corrected chi connectivity index (χ0v) is 15.0. The van der Waals surface area contributed by atoms with E-state index in [1.807, 2.05) is 30.3 Å². The average Bonchev–Trinajstić information content (AvgIpc) is 3.28. The number of hydrogen-bond acceptors (Lipinski definition) is 6. The van der Waals surface area contributed by atoms with Crippen LogP contribution in [0.2, 0.25) is 0 Å². The Hall–Kier alpha value is -3.55. The van der Waals surface area contributed by atoms with E-state index in [-0.39, 0.29) is 12.3 Å². The SMILES string of the molecule is CCc1ccc(NC(=O)Cc2nnc3ccc(-c4nc(C)no4)cn23)cc1. The smallest absolute Gasteiger partial charge is 0.259 e. The number of anilines is 1. The van der Waals surface area contributed by atoms with Gasteiger partial charge in [0, 0.05) is 11.9 Å². The summed E-state index contributed by atoms with van der Waals surface area (Å²) in [5.41, 5.74) is 3.36. The molecule has 0 aliphatic heterocycles. The molecular weight excluding hydrogens is 344 g/mol. The first-order valence-electron chi connectivity index (χ1n) is 8.65. The second-order valence-electron chi connectivity index (χ2n) is 6.18. The van der Waals surface area contributed by atoms with Gasteiger partial charge in [-0.15, -0.1) is 10.2 Å². The number of nitrogens with zero attached hydrogens (tertiary/aromatic N) is 5. The summed E-state index contributed by atoms with van der Waals surface area (Å²) < 4.78 is 6.96. The van der Waals surface area contributed by atoms with Gasteiger partial charge in [-0.2, -0.15) is 4.98 Å². The lowest BCUT2D eigenvalue weighted by atomic mass is 10.1. The summed E-state index contributed by atoms with van der Waals surface area (Å²) >= 11 is 0. The van der Waals surface area contributed by atoms with E-state index >= 15 is 0 Å². The Kier molecular flexibility index (Phi) is 4.37. The Morgan fingerprint density at radius 2 is 1.96 bits per heavy atom. The third-order valence-electron chi connectivity index (χ3n) is 4.21. The maximum absolute atomic E-state index is 12.4. The van der Waals surface area contributed by atoms with E-state index in [4.69, 9.17) is 4.52 Å². The summed E-state index contributed by atoms with van der Waals surface area (Å²) in [5, 5.41) is 14.9. The largest absolute Gasteiger partial charge is 0.334 e. The number of amides is 1. The Bertz CT molecular complexity index is 1100. The molecule has 0 fully saturated rings. The standard InChI is InChI=1S/C19H18N6O2/c1-3-13-4-7-15(8-5-13)21-18(26)10-17-23-22-16-9-6-14(11-25(16)17)19-20-12(2)24-27-19/h4-9,11H,3,10H2,1-2H3,(H,21,26). The third-order valence-corrected chi connectivity index (χ3v) is 4.21. The van der Waals surface area contributed by atoms with Crippen LogP contribution in [0.15, 0.2) is 47.1 Å². The first kappa shape index (κ1) is 16.9. The molecule has 27 heavy (non-hydrogen) atoms. The molecule has 0 aliphatic carbocycles. The van der Waals surface area contributed by atoms with Crippen molar-refractivity contribution in [3.8, 4) is 11.5 Å². The predicted molar refractivity (Wildman–Crippen MR) is 99.2 cm³/mol. The fourth-order valence-electron chi connectivity index (χ4n) is 2.77. The van der Waals surface area contributed by atoms with Gasteiger partial charge in [0.1, 0.15) is 5.82 Å². The lowest BCUT2D eigenvalue weighted by Crippen LogP contribution is -2.16. The van der Waals surface area contributed by atoms with Crippen molar-refractivity contribution in [2.24, 2.45) is 0 Å². The van der Waals surface area contributed by atoms with E-state index in [2.05, 4.69) is 32.6 Å². The van der Waals surface area contributed by atoms with Gasteiger partial charge in [0.25, 0.3) is 5.89 Å². The summed E-state index contributed by atoms with van der Waals surface area (Å²) in [7, 11) is 0. The average molecular weight is 362 g/mol. The van der Waals surface area contributed by atoms with Crippen molar-refractivity contribution in [3.63, 3.8) is 0 Å². The number of hydrogen-bond donors (Lipinski definition) is 1. The first-order valence-corrected chi connectivity index (χ1v) is 8.65. The predicted octanol–water partition coefficient (Wildman–Crippen LogP) is 2.83. The van der Waals surface area contributed by atoms with E-state index in [0.29, 0.717) is 23.2 Å². The molecule has 0 unspecified atom stereocenters. The maximum Gasteiger partial charge on any atom is 0.259 e. The topological polar surface area (TPSA) is 98.2 Å². The number of carbonyl (C=O) groups is 1. The molecule has 8 heteroatoms. The van der Waals surface area contributed by atoms with Gasteiger partial charge in [-0.3, -0.25) is 9.20 Å². The number of nitrogens with one attached hydrogen (secondary N) is 1. The molecule has 0 atom stereocenters. The molecule has 1 aromatic carbocycles. The second kappa shape index (κ2) is 6.99. The molecule has 0 saturated carbocycles. The van der Waals surface area contributed by atoms with Crippen molar-refractivity contribution < 1.29 is 9.32 Å². The Balaban J connectivity index is 1.54. The summed E-state index contributed by atoms with van der Waals surface area (Å²) in [5.74, 6) is 1.34. The molecule has 1 amide bonds. The molecule has 0 bridgehead atoms. The fourth-order valence-corrected chi connectivity index (χ4v) is 2.77. The number of pyridine rings is 1. The lowest BCUT2D eigenvalue weighted by Gasteiger charge is -2.06. The Morgan fingerprint density at radius 3 is 2.67 bits per heavy atom. The molecule has 4 aromatic rings. The summed E-state index contributed by atoms with van der Waals surface area (Å²) in [6, 6.07) is 11.4. The van der Waals surface area contributed by atoms with E-state index in [0.717, 1.165) is 17.7 Å². The van der Waals surface area contributed by atoms with Crippen LogP contribution in [0, 0.1) is 6.92 Å². The molecule has 1 N–H and O–H groups in total. The number of carbonyl (C=O) groups excluding carboxylic acids is 1. The molecule has 136 valence electrons. The molecule has 0 radical (unpaired) electrons. The molecule has 3 aromatic heterocycles. The lowest BCUT2D eigenvalue weighted by molar-refractivity contribution is -0.115. The van der Waals surface area contributed by atoms with Gasteiger partial charge in [0.05, 0.1) is 12.0 Å². The van der Waals surface area contributed by atoms with Gasteiger partial charge >= 0.3 is 0 Å². The maximum atomic E-state index is 12.4. The van der Waals surface area contributed by atoms with Crippen molar-refractivity contribution in [1.82, 2.24) is 24.7 Å². The molecule has 0 saturated heterocycles. The van der Waals surface area contributed by atoms with Gasteiger partial charge in [-0.25, -0.2) is 0 Å². The molecule has 0 spiro atoms. The fraction of sp³-hybridized carbons (Fsp3) is 0.211. The van der Waals surface area contributed by atoms with Crippen molar-refractivity contribution in [2.75, 3.05) is 5.32 Å². The minimum atomic E-state index is -0.160. The molecule has 8 nitrogen and oxygen atoms in total. The Morgan fingerprint density at radius 1 is 1.15 bits per heavy atom. The minimum Gasteiger partial charge on any atom is -0.334 e. The van der Waals surface area contributed by atoms with E-state index < -0.39 is 0 Å². The third kappa shape index (κ3) is 3.55. The first-order chi connectivity index (χ1) is 13.1. The molecule has 3 heterocycles. The van der Waals surface area contributed by atoms with Gasteiger partial charge in [-0.05, 0) is 43.2 Å². The molecular formula is C19H18N6O2. The van der Waals surface area contributed by atoms with Crippen LogP contribution >= 0.6 is 0 Å². The van der Waals surface area contributed by atoms with Gasteiger partial charge in [0.15, 0.2) is 11.5 Å². The highest BCUT2D eigenvalue weighted by Crippen LogP contribution is 2.18.